The van der Waals surface area contributed by atoms with Gasteiger partial charge in [0.15, 0.2) is 28.8 Å². The molecule has 1 saturated carbocycles. The van der Waals surface area contributed by atoms with Gasteiger partial charge in [-0.2, -0.15) is 0 Å². The molecule has 0 saturated heterocycles. The van der Waals surface area contributed by atoms with Crippen molar-refractivity contribution in [1.82, 2.24) is 0 Å². The van der Waals surface area contributed by atoms with E-state index in [4.69, 9.17) is 8.83 Å². The predicted octanol–water partition coefficient (Wildman–Crippen LogP) is 3.82. The van der Waals surface area contributed by atoms with E-state index in [9.17, 15) is 9.59 Å². The Kier molecular flexibility index (Phi) is 4.15. The maximum atomic E-state index is 10.2. The van der Waals surface area contributed by atoms with Gasteiger partial charge in [-0.25, -0.2) is 0 Å². The van der Waals surface area contributed by atoms with Gasteiger partial charge in [0.2, 0.25) is 0 Å². The van der Waals surface area contributed by atoms with E-state index < -0.39 is 0 Å². The zero-order chi connectivity index (χ0) is 13.0. The van der Waals surface area contributed by atoms with E-state index in [-0.39, 0.29) is 0 Å². The highest BCUT2D eigenvalue weighted by molar-refractivity contribution is 9.10. The Balaban J connectivity index is 0.000000138. The van der Waals surface area contributed by atoms with Gasteiger partial charge in [-0.1, -0.05) is 0 Å². The van der Waals surface area contributed by atoms with Gasteiger partial charge in [0.05, 0.1) is 0 Å². The fraction of sp³-hybridized carbons (Fsp3) is 0.231. The summed E-state index contributed by atoms with van der Waals surface area (Å²) in [4.78, 5) is 20.1. The molecule has 1 fully saturated rings. The van der Waals surface area contributed by atoms with Crippen molar-refractivity contribution in [3.05, 3.63) is 46.2 Å². The van der Waals surface area contributed by atoms with Crippen LogP contribution in [0.3, 0.4) is 0 Å². The van der Waals surface area contributed by atoms with E-state index in [2.05, 4.69) is 15.9 Å². The largest absolute Gasteiger partial charge is 0.458 e. The molecule has 5 heteroatoms. The Morgan fingerprint density at radius 2 is 1.61 bits per heavy atom. The van der Waals surface area contributed by atoms with Gasteiger partial charge in [0.25, 0.3) is 0 Å². The summed E-state index contributed by atoms with van der Waals surface area (Å²) in [6, 6.07) is 6.88. The van der Waals surface area contributed by atoms with Crippen LogP contribution < -0.4 is 0 Å². The number of furan rings is 2. The highest BCUT2D eigenvalue weighted by atomic mass is 79.9. The lowest BCUT2D eigenvalue weighted by molar-refractivity contribution is 0.109. The molecule has 2 heterocycles. The third-order valence-corrected chi connectivity index (χ3v) is 2.88. The first-order valence-corrected chi connectivity index (χ1v) is 6.27. The third-order valence-electron chi connectivity index (χ3n) is 2.45. The quantitative estimate of drug-likeness (QED) is 0.808. The normalized spacial score (nSPS) is 13.6. The first kappa shape index (κ1) is 12.8. The zero-order valence-corrected chi connectivity index (χ0v) is 11.1. The lowest BCUT2D eigenvalue weighted by Gasteiger charge is -1.85. The van der Waals surface area contributed by atoms with Crippen LogP contribution in [0.4, 0.5) is 0 Å². The molecular weight excluding hydrogens is 300 g/mol. The van der Waals surface area contributed by atoms with Crippen molar-refractivity contribution in [3.8, 4) is 0 Å². The fourth-order valence-corrected chi connectivity index (χ4v) is 1.73. The van der Waals surface area contributed by atoms with Crippen LogP contribution in [0.15, 0.2) is 37.8 Å². The topological polar surface area (TPSA) is 60.4 Å². The number of carbonyl (C=O) groups is 2. The van der Waals surface area contributed by atoms with Crippen molar-refractivity contribution < 1.29 is 18.4 Å². The van der Waals surface area contributed by atoms with Crippen molar-refractivity contribution in [2.45, 2.75) is 18.8 Å². The molecule has 0 amide bonds. The van der Waals surface area contributed by atoms with E-state index in [1.54, 1.807) is 18.2 Å². The van der Waals surface area contributed by atoms with Gasteiger partial charge < -0.3 is 8.83 Å². The van der Waals surface area contributed by atoms with Crippen molar-refractivity contribution in [2.24, 2.45) is 0 Å². The van der Waals surface area contributed by atoms with E-state index in [0.29, 0.717) is 28.4 Å². The van der Waals surface area contributed by atoms with Crippen molar-refractivity contribution in [2.75, 3.05) is 0 Å². The minimum Gasteiger partial charge on any atom is -0.458 e. The Hall–Kier alpha value is -1.62. The van der Waals surface area contributed by atoms with Gasteiger partial charge in [-0.3, -0.25) is 9.59 Å². The summed E-state index contributed by atoms with van der Waals surface area (Å²) in [5, 5.41) is 0. The molecule has 3 rings (SSSR count). The molecule has 0 aromatic carbocycles. The number of hydrogen-bond donors (Lipinski definition) is 0. The summed E-state index contributed by atoms with van der Waals surface area (Å²) in [5.41, 5.74) is 0. The molecular formula is C13H11BrO4. The number of rotatable bonds is 3. The molecule has 0 spiro atoms. The Bertz CT molecular complexity index is 537. The number of hydrogen-bond acceptors (Lipinski definition) is 4. The van der Waals surface area contributed by atoms with Gasteiger partial charge in [0, 0.05) is 5.92 Å². The molecule has 0 aliphatic heterocycles. The number of aldehydes is 2. The first-order valence-electron chi connectivity index (χ1n) is 5.48. The highest BCUT2D eigenvalue weighted by Crippen LogP contribution is 2.40. The molecule has 0 radical (unpaired) electrons. The summed E-state index contributed by atoms with van der Waals surface area (Å²) in [6.07, 6.45) is 3.83. The van der Waals surface area contributed by atoms with Crippen LogP contribution in [0.5, 0.6) is 0 Å². The smallest absolute Gasteiger partial charge is 0.185 e. The summed E-state index contributed by atoms with van der Waals surface area (Å²) in [6.45, 7) is 0. The second-order valence-electron chi connectivity index (χ2n) is 3.89. The van der Waals surface area contributed by atoms with Crippen LogP contribution in [0.2, 0.25) is 0 Å². The lowest BCUT2D eigenvalue weighted by Crippen LogP contribution is -1.71. The molecule has 94 valence electrons. The SMILES string of the molecule is O=Cc1ccc(Br)o1.O=Cc1ccc(C2CC2)o1. The molecule has 18 heavy (non-hydrogen) atoms. The molecule has 1 aliphatic rings. The molecule has 1 aliphatic carbocycles. The summed E-state index contributed by atoms with van der Waals surface area (Å²) in [5.74, 6) is 2.37. The number of carbonyl (C=O) groups excluding carboxylic acids is 2. The molecule has 4 nitrogen and oxygen atoms in total. The zero-order valence-electron chi connectivity index (χ0n) is 9.47. The van der Waals surface area contributed by atoms with Crippen LogP contribution in [-0.4, -0.2) is 12.6 Å². The van der Waals surface area contributed by atoms with Crippen LogP contribution in [0.1, 0.15) is 45.6 Å². The van der Waals surface area contributed by atoms with E-state index in [0.717, 1.165) is 12.0 Å². The van der Waals surface area contributed by atoms with Gasteiger partial charge in [0.1, 0.15) is 5.76 Å². The van der Waals surface area contributed by atoms with Crippen molar-refractivity contribution >= 4 is 28.5 Å². The third kappa shape index (κ3) is 3.43. The van der Waals surface area contributed by atoms with Crippen LogP contribution in [0.25, 0.3) is 0 Å². The van der Waals surface area contributed by atoms with Gasteiger partial charge in [-0.15, -0.1) is 0 Å². The van der Waals surface area contributed by atoms with Gasteiger partial charge >= 0.3 is 0 Å². The average molecular weight is 311 g/mol. The van der Waals surface area contributed by atoms with Crippen LogP contribution in [-0.2, 0) is 0 Å². The number of halogens is 1. The lowest BCUT2D eigenvalue weighted by atomic mass is 10.3. The molecule has 2 aromatic heterocycles. The molecule has 0 N–H and O–H groups in total. The van der Waals surface area contributed by atoms with E-state index >= 15 is 0 Å². The molecule has 0 atom stereocenters. The monoisotopic (exact) mass is 310 g/mol. The fourth-order valence-electron chi connectivity index (χ4n) is 1.41. The van der Waals surface area contributed by atoms with E-state index in [1.807, 2.05) is 6.07 Å². The maximum Gasteiger partial charge on any atom is 0.185 e. The maximum absolute atomic E-state index is 10.2. The van der Waals surface area contributed by atoms with Crippen LogP contribution >= 0.6 is 15.9 Å². The highest BCUT2D eigenvalue weighted by Gasteiger charge is 2.26. The summed E-state index contributed by atoms with van der Waals surface area (Å²) < 4.78 is 10.6. The van der Waals surface area contributed by atoms with Crippen LogP contribution in [0, 0.1) is 0 Å². The molecule has 0 bridgehead atoms. The minimum atomic E-state index is 0.344. The Labute approximate surface area is 112 Å². The van der Waals surface area contributed by atoms with Gasteiger partial charge in [-0.05, 0) is 53.0 Å². The summed E-state index contributed by atoms with van der Waals surface area (Å²) >= 11 is 3.05. The van der Waals surface area contributed by atoms with E-state index in [1.165, 1.54) is 12.8 Å². The predicted molar refractivity (Wildman–Crippen MR) is 67.9 cm³/mol. The van der Waals surface area contributed by atoms with Crippen molar-refractivity contribution in [1.29, 1.82) is 0 Å². The Morgan fingerprint density at radius 1 is 1.00 bits per heavy atom. The Morgan fingerprint density at radius 3 is 2.00 bits per heavy atom. The molecule has 2 aromatic rings. The molecule has 0 unspecified atom stereocenters. The average Bonchev–Trinajstić information content (AvgIpc) is 2.98. The second-order valence-corrected chi connectivity index (χ2v) is 4.67. The minimum absolute atomic E-state index is 0.344. The standard InChI is InChI=1S/C8H8O2.C5H3BrO2/c9-5-7-3-4-8(10-7)6-1-2-6;6-5-2-1-4(3-7)8-5/h3-6H,1-2H2;1-3H. The van der Waals surface area contributed by atoms with Crippen molar-refractivity contribution in [3.63, 3.8) is 0 Å². The summed E-state index contributed by atoms with van der Waals surface area (Å²) in [7, 11) is 0. The first-order chi connectivity index (χ1) is 8.72. The second kappa shape index (κ2) is 5.82.